The minimum Gasteiger partial charge on any atom is -0.497 e. The van der Waals surface area contributed by atoms with E-state index in [1.54, 1.807) is 13.2 Å². The normalized spacial score (nSPS) is 11.7. The number of rotatable bonds is 1. The molecule has 142 valence electrons. The number of methoxy groups -OCH3 is 1. The zero-order chi connectivity index (χ0) is 20.4. The molecular weight excluding hydrogens is 369 g/mol. The number of hydrogen-bond donors (Lipinski definition) is 3. The number of fused-ring (bicyclic) bond motifs is 2. The van der Waals surface area contributed by atoms with Crippen molar-refractivity contribution in [2.24, 2.45) is 0 Å². The number of anilines is 2. The van der Waals surface area contributed by atoms with E-state index in [0.717, 1.165) is 11.3 Å². The van der Waals surface area contributed by atoms with Crippen molar-refractivity contribution in [1.82, 2.24) is 4.98 Å². The number of halogens is 3. The molecule has 0 aliphatic carbocycles. The molecule has 0 saturated carbocycles. The van der Waals surface area contributed by atoms with Crippen LogP contribution in [0.3, 0.4) is 0 Å². The fourth-order valence-electron chi connectivity index (χ4n) is 2.22. The third-order valence-electron chi connectivity index (χ3n) is 3.53. The average molecular weight is 382 g/mol. The van der Waals surface area contributed by atoms with Crippen LogP contribution in [0.2, 0.25) is 0 Å². The molecule has 1 aliphatic rings. The largest absolute Gasteiger partial charge is 0.497 e. The molecule has 1 aromatic heterocycles. The third kappa shape index (κ3) is 4.12. The highest BCUT2D eigenvalue weighted by Gasteiger charge is 2.38. The second kappa shape index (κ2) is 7.28. The Morgan fingerprint density at radius 2 is 2.04 bits per heavy atom. The summed E-state index contributed by atoms with van der Waals surface area (Å²) in [6.07, 6.45) is -4.56. The van der Waals surface area contributed by atoms with E-state index in [2.05, 4.69) is 4.98 Å². The Bertz CT molecular complexity index is 939. The van der Waals surface area contributed by atoms with Crippen molar-refractivity contribution >= 4 is 17.5 Å². The third-order valence-corrected chi connectivity index (χ3v) is 3.53. The number of benzene rings is 1. The zero-order valence-electron chi connectivity index (χ0n) is 13.8. The summed E-state index contributed by atoms with van der Waals surface area (Å²) < 4.78 is 42.6. The summed E-state index contributed by atoms with van der Waals surface area (Å²) in [6.45, 7) is 0. The van der Waals surface area contributed by atoms with Crippen molar-refractivity contribution in [2.45, 2.75) is 12.6 Å². The molecule has 1 aliphatic heterocycles. The maximum Gasteiger partial charge on any atom is 0.490 e. The van der Waals surface area contributed by atoms with Crippen LogP contribution in [0.5, 0.6) is 17.4 Å². The topological polar surface area (TPSA) is 144 Å². The quantitative estimate of drug-likeness (QED) is 0.582. The van der Waals surface area contributed by atoms with Crippen molar-refractivity contribution < 1.29 is 32.5 Å². The summed E-state index contributed by atoms with van der Waals surface area (Å²) in [7, 11) is 1.60. The van der Waals surface area contributed by atoms with Gasteiger partial charge in [0.05, 0.1) is 12.8 Å². The molecule has 0 amide bonds. The van der Waals surface area contributed by atoms with Crippen LogP contribution in [-0.4, -0.2) is 29.3 Å². The molecule has 2 aromatic rings. The van der Waals surface area contributed by atoms with E-state index in [9.17, 15) is 13.2 Å². The van der Waals surface area contributed by atoms with Crippen LogP contribution < -0.4 is 20.9 Å². The standard InChI is InChI=1S/C14H12N4O2.C2HF3O2/c1-19-8-2-3-11-7(4-8)5-9-12(16)10(6-15)13(17)18-14(9)20-11;3-2(4,5)1(6)7/h2-4H,5H2,1H3,(H4,16,17,18);(H,6,7). The first kappa shape index (κ1) is 19.6. The zero-order valence-corrected chi connectivity index (χ0v) is 13.8. The van der Waals surface area contributed by atoms with E-state index in [1.165, 1.54) is 0 Å². The molecule has 0 bridgehead atoms. The van der Waals surface area contributed by atoms with Crippen LogP contribution >= 0.6 is 0 Å². The van der Waals surface area contributed by atoms with Crippen LogP contribution in [0.1, 0.15) is 16.7 Å². The number of pyridine rings is 1. The number of carboxylic acid groups (broad SMARTS) is 1. The van der Waals surface area contributed by atoms with E-state index in [4.69, 9.17) is 36.1 Å². The lowest BCUT2D eigenvalue weighted by molar-refractivity contribution is -0.192. The first-order chi connectivity index (χ1) is 12.6. The van der Waals surface area contributed by atoms with Gasteiger partial charge in [-0.2, -0.15) is 23.4 Å². The lowest BCUT2D eigenvalue weighted by Gasteiger charge is -2.22. The maximum absolute atomic E-state index is 10.6. The number of carboxylic acids is 1. The molecule has 27 heavy (non-hydrogen) atoms. The molecule has 3 rings (SSSR count). The smallest absolute Gasteiger partial charge is 0.490 e. The van der Waals surface area contributed by atoms with E-state index in [-0.39, 0.29) is 11.4 Å². The second-order valence-electron chi connectivity index (χ2n) is 5.24. The highest BCUT2D eigenvalue weighted by molar-refractivity contribution is 5.73. The van der Waals surface area contributed by atoms with Gasteiger partial charge in [-0.1, -0.05) is 0 Å². The number of nitrogens with zero attached hydrogens (tertiary/aromatic N) is 2. The number of aromatic nitrogens is 1. The maximum atomic E-state index is 10.6. The fraction of sp³-hybridized carbons (Fsp3) is 0.188. The average Bonchev–Trinajstić information content (AvgIpc) is 2.60. The Hall–Kier alpha value is -3.68. The monoisotopic (exact) mass is 382 g/mol. The van der Waals surface area contributed by atoms with Crippen LogP contribution in [0.4, 0.5) is 24.7 Å². The summed E-state index contributed by atoms with van der Waals surface area (Å²) in [5, 5.41) is 16.2. The lowest BCUT2D eigenvalue weighted by atomic mass is 9.99. The number of nitriles is 1. The Morgan fingerprint density at radius 1 is 1.41 bits per heavy atom. The van der Waals surface area contributed by atoms with E-state index >= 15 is 0 Å². The molecule has 0 unspecified atom stereocenters. The summed E-state index contributed by atoms with van der Waals surface area (Å²) >= 11 is 0. The van der Waals surface area contributed by atoms with Crippen molar-refractivity contribution in [3.05, 3.63) is 34.9 Å². The molecule has 5 N–H and O–H groups in total. The SMILES string of the molecule is COc1ccc2c(c1)Cc1c(nc(N)c(C#N)c1N)O2.O=C(O)C(F)(F)F. The van der Waals surface area contributed by atoms with Crippen molar-refractivity contribution in [2.75, 3.05) is 18.6 Å². The molecule has 11 heteroatoms. The van der Waals surface area contributed by atoms with Gasteiger partial charge < -0.3 is 26.0 Å². The Morgan fingerprint density at radius 3 is 2.56 bits per heavy atom. The van der Waals surface area contributed by atoms with Gasteiger partial charge in [0, 0.05) is 17.5 Å². The predicted molar refractivity (Wildman–Crippen MR) is 87.3 cm³/mol. The molecule has 0 fully saturated rings. The molecule has 8 nitrogen and oxygen atoms in total. The van der Waals surface area contributed by atoms with Gasteiger partial charge >= 0.3 is 12.1 Å². The van der Waals surface area contributed by atoms with Gasteiger partial charge in [-0.3, -0.25) is 0 Å². The van der Waals surface area contributed by atoms with Gasteiger partial charge in [0.2, 0.25) is 5.88 Å². The van der Waals surface area contributed by atoms with Crippen LogP contribution in [0.15, 0.2) is 18.2 Å². The first-order valence-electron chi connectivity index (χ1n) is 7.21. The predicted octanol–water partition coefficient (Wildman–Crippen LogP) is 2.46. The number of nitrogen functional groups attached to an aromatic ring is 2. The highest BCUT2D eigenvalue weighted by atomic mass is 19.4. The van der Waals surface area contributed by atoms with Gasteiger partial charge in [-0.25, -0.2) is 4.79 Å². The number of ether oxygens (including phenoxy) is 2. The van der Waals surface area contributed by atoms with Gasteiger partial charge in [0.25, 0.3) is 0 Å². The van der Waals surface area contributed by atoms with Crippen molar-refractivity contribution in [3.8, 4) is 23.4 Å². The molecule has 0 spiro atoms. The van der Waals surface area contributed by atoms with Crippen LogP contribution in [0.25, 0.3) is 0 Å². The number of alkyl halides is 3. The fourth-order valence-corrected chi connectivity index (χ4v) is 2.22. The molecular formula is C16H13F3N4O4. The Kier molecular flexibility index (Phi) is 5.30. The minimum absolute atomic E-state index is 0.0840. The summed E-state index contributed by atoms with van der Waals surface area (Å²) in [6, 6.07) is 7.46. The number of hydrogen-bond acceptors (Lipinski definition) is 7. The van der Waals surface area contributed by atoms with Gasteiger partial charge in [0.15, 0.2) is 0 Å². The van der Waals surface area contributed by atoms with Crippen LogP contribution in [-0.2, 0) is 11.2 Å². The highest BCUT2D eigenvalue weighted by Crippen LogP contribution is 2.41. The van der Waals surface area contributed by atoms with E-state index in [1.807, 2.05) is 18.2 Å². The minimum atomic E-state index is -5.08. The molecule has 2 heterocycles. The van der Waals surface area contributed by atoms with Crippen LogP contribution in [0, 0.1) is 11.3 Å². The van der Waals surface area contributed by atoms with Gasteiger partial charge in [-0.15, -0.1) is 0 Å². The number of carbonyl (C=O) groups is 1. The molecule has 0 atom stereocenters. The van der Waals surface area contributed by atoms with Crippen molar-refractivity contribution in [1.29, 1.82) is 5.26 Å². The number of nitrogens with two attached hydrogens (primary N) is 2. The molecule has 0 saturated heterocycles. The molecule has 0 radical (unpaired) electrons. The van der Waals surface area contributed by atoms with E-state index < -0.39 is 12.1 Å². The lowest BCUT2D eigenvalue weighted by Crippen LogP contribution is -2.21. The summed E-state index contributed by atoms with van der Waals surface area (Å²) in [5.74, 6) is -0.891. The summed E-state index contributed by atoms with van der Waals surface area (Å²) in [5.41, 5.74) is 13.8. The first-order valence-corrected chi connectivity index (χ1v) is 7.21. The van der Waals surface area contributed by atoms with Crippen molar-refractivity contribution in [3.63, 3.8) is 0 Å². The Labute approximate surface area is 150 Å². The van der Waals surface area contributed by atoms with Gasteiger partial charge in [0.1, 0.15) is 28.9 Å². The molecule has 1 aromatic carbocycles. The number of aliphatic carboxylic acids is 1. The van der Waals surface area contributed by atoms with E-state index in [0.29, 0.717) is 29.3 Å². The summed E-state index contributed by atoms with van der Waals surface area (Å²) in [4.78, 5) is 13.0. The Balaban J connectivity index is 0.000000321. The van der Waals surface area contributed by atoms with Gasteiger partial charge in [-0.05, 0) is 18.2 Å². The second-order valence-corrected chi connectivity index (χ2v) is 5.24.